The van der Waals surface area contributed by atoms with E-state index in [-0.39, 0.29) is 42.9 Å². The van der Waals surface area contributed by atoms with Gasteiger partial charge in [0.15, 0.2) is 0 Å². The topological polar surface area (TPSA) is 59.4 Å². The second-order valence-electron chi connectivity index (χ2n) is 7.62. The summed E-state index contributed by atoms with van der Waals surface area (Å²) in [4.78, 5) is 14.9. The van der Waals surface area contributed by atoms with Crippen molar-refractivity contribution in [3.8, 4) is 0 Å². The molecule has 3 aliphatic rings. The molecule has 0 bridgehead atoms. The first-order valence-corrected chi connectivity index (χ1v) is 9.34. The summed E-state index contributed by atoms with van der Waals surface area (Å²) in [5.41, 5.74) is 1.15. The highest BCUT2D eigenvalue weighted by Crippen LogP contribution is 2.33. The molecule has 1 aromatic rings. The molecule has 3 fully saturated rings. The average molecular weight is 405 g/mol. The standard InChI is InChI=1S/C18H28N4O2.2ClH/c1-13-9-19-22(10-13)12-15-11-21(6-7-24-15)18(23)17-8-14-4-2-3-5-16(14)20-17;;/h9-10,14-17,20H,2-8,11-12H2,1H3;2*1H. The number of amides is 1. The molecule has 148 valence electrons. The lowest BCUT2D eigenvalue weighted by molar-refractivity contribution is -0.141. The van der Waals surface area contributed by atoms with E-state index in [1.54, 1.807) is 0 Å². The summed E-state index contributed by atoms with van der Waals surface area (Å²) in [6.07, 6.45) is 10.1. The lowest BCUT2D eigenvalue weighted by atomic mass is 9.85. The quantitative estimate of drug-likeness (QED) is 0.838. The molecule has 0 spiro atoms. The van der Waals surface area contributed by atoms with Crippen molar-refractivity contribution >= 4 is 30.7 Å². The van der Waals surface area contributed by atoms with Gasteiger partial charge in [-0.3, -0.25) is 9.48 Å². The number of nitrogens with one attached hydrogen (secondary N) is 1. The maximum absolute atomic E-state index is 12.9. The number of aryl methyl sites for hydroxylation is 1. The molecule has 1 N–H and O–H groups in total. The van der Waals surface area contributed by atoms with Crippen LogP contribution in [0.25, 0.3) is 0 Å². The summed E-state index contributed by atoms with van der Waals surface area (Å²) in [6.45, 7) is 4.75. The van der Waals surface area contributed by atoms with Crippen LogP contribution in [0.15, 0.2) is 12.4 Å². The number of aromatic nitrogens is 2. The Morgan fingerprint density at radius 1 is 1.35 bits per heavy atom. The number of hydrogen-bond acceptors (Lipinski definition) is 4. The average Bonchev–Trinajstić information content (AvgIpc) is 3.20. The molecule has 0 radical (unpaired) electrons. The molecule has 8 heteroatoms. The van der Waals surface area contributed by atoms with Gasteiger partial charge in [0.2, 0.25) is 5.91 Å². The fourth-order valence-electron chi connectivity index (χ4n) is 4.54. The Labute approximate surface area is 167 Å². The molecule has 2 saturated heterocycles. The summed E-state index contributed by atoms with van der Waals surface area (Å²) in [7, 11) is 0. The van der Waals surface area contributed by atoms with Crippen molar-refractivity contribution < 1.29 is 9.53 Å². The maximum atomic E-state index is 12.9. The minimum atomic E-state index is 0. The number of fused-ring (bicyclic) bond motifs is 1. The monoisotopic (exact) mass is 404 g/mol. The van der Waals surface area contributed by atoms with Gasteiger partial charge in [0.25, 0.3) is 0 Å². The van der Waals surface area contributed by atoms with E-state index >= 15 is 0 Å². The van der Waals surface area contributed by atoms with Crippen LogP contribution in [-0.4, -0.2) is 58.5 Å². The lowest BCUT2D eigenvalue weighted by Gasteiger charge is -2.34. The second-order valence-corrected chi connectivity index (χ2v) is 7.62. The van der Waals surface area contributed by atoms with Gasteiger partial charge in [-0.25, -0.2) is 0 Å². The van der Waals surface area contributed by atoms with Crippen molar-refractivity contribution in [2.75, 3.05) is 19.7 Å². The van der Waals surface area contributed by atoms with E-state index in [1.165, 1.54) is 25.7 Å². The number of morpholine rings is 1. The van der Waals surface area contributed by atoms with Gasteiger partial charge in [-0.2, -0.15) is 5.10 Å². The molecule has 2 aliphatic heterocycles. The van der Waals surface area contributed by atoms with Crippen molar-refractivity contribution in [3.63, 3.8) is 0 Å². The number of halogens is 2. The van der Waals surface area contributed by atoms with Crippen LogP contribution in [0.1, 0.15) is 37.7 Å². The normalized spacial score (nSPS) is 30.9. The molecule has 4 atom stereocenters. The van der Waals surface area contributed by atoms with Gasteiger partial charge in [-0.1, -0.05) is 12.8 Å². The molecule has 6 nitrogen and oxygen atoms in total. The molecule has 1 aliphatic carbocycles. The van der Waals surface area contributed by atoms with E-state index in [4.69, 9.17) is 4.74 Å². The van der Waals surface area contributed by atoms with Crippen LogP contribution >= 0.6 is 24.8 Å². The number of hydrogen-bond donors (Lipinski definition) is 1. The number of ether oxygens (including phenoxy) is 1. The van der Waals surface area contributed by atoms with E-state index < -0.39 is 0 Å². The van der Waals surface area contributed by atoms with Crippen LogP contribution < -0.4 is 5.32 Å². The Kier molecular flexibility index (Phi) is 7.76. The highest BCUT2D eigenvalue weighted by molar-refractivity contribution is 5.85. The zero-order chi connectivity index (χ0) is 16.5. The van der Waals surface area contributed by atoms with Crippen LogP contribution in [0.4, 0.5) is 0 Å². The summed E-state index contributed by atoms with van der Waals surface area (Å²) in [5, 5.41) is 7.94. The van der Waals surface area contributed by atoms with Crippen molar-refractivity contribution in [3.05, 3.63) is 18.0 Å². The smallest absolute Gasteiger partial charge is 0.239 e. The fraction of sp³-hybridized carbons (Fsp3) is 0.778. The molecule has 3 heterocycles. The van der Waals surface area contributed by atoms with Crippen molar-refractivity contribution in [2.45, 2.75) is 63.8 Å². The Hall–Kier alpha value is -0.820. The largest absolute Gasteiger partial charge is 0.373 e. The molecule has 4 unspecified atom stereocenters. The van der Waals surface area contributed by atoms with Crippen LogP contribution in [0.5, 0.6) is 0 Å². The van der Waals surface area contributed by atoms with Crippen molar-refractivity contribution in [2.24, 2.45) is 5.92 Å². The predicted molar refractivity (Wildman–Crippen MR) is 105 cm³/mol. The van der Waals surface area contributed by atoms with Gasteiger partial charge in [0.1, 0.15) is 0 Å². The fourth-order valence-corrected chi connectivity index (χ4v) is 4.54. The van der Waals surface area contributed by atoms with E-state index in [0.29, 0.717) is 38.2 Å². The zero-order valence-electron chi connectivity index (χ0n) is 15.3. The molecular formula is C18H30Cl2N4O2. The van der Waals surface area contributed by atoms with Crippen LogP contribution in [0, 0.1) is 12.8 Å². The Morgan fingerprint density at radius 2 is 2.15 bits per heavy atom. The third-order valence-electron chi connectivity index (χ3n) is 5.76. The van der Waals surface area contributed by atoms with E-state index in [1.807, 2.05) is 28.9 Å². The van der Waals surface area contributed by atoms with Gasteiger partial charge < -0.3 is 15.0 Å². The van der Waals surface area contributed by atoms with Crippen LogP contribution in [0.2, 0.25) is 0 Å². The van der Waals surface area contributed by atoms with Crippen LogP contribution in [0.3, 0.4) is 0 Å². The highest BCUT2D eigenvalue weighted by atomic mass is 35.5. The highest BCUT2D eigenvalue weighted by Gasteiger charge is 2.40. The number of rotatable bonds is 3. The molecule has 26 heavy (non-hydrogen) atoms. The minimum Gasteiger partial charge on any atom is -0.373 e. The zero-order valence-corrected chi connectivity index (χ0v) is 16.9. The van der Waals surface area contributed by atoms with Gasteiger partial charge >= 0.3 is 0 Å². The number of nitrogens with zero attached hydrogens (tertiary/aromatic N) is 3. The van der Waals surface area contributed by atoms with E-state index in [0.717, 1.165) is 12.0 Å². The summed E-state index contributed by atoms with van der Waals surface area (Å²) in [5.74, 6) is 0.978. The molecular weight excluding hydrogens is 375 g/mol. The minimum absolute atomic E-state index is 0. The van der Waals surface area contributed by atoms with Crippen molar-refractivity contribution in [1.82, 2.24) is 20.0 Å². The summed E-state index contributed by atoms with van der Waals surface area (Å²) in [6, 6.07) is 0.584. The molecule has 1 amide bonds. The molecule has 4 rings (SSSR count). The summed E-state index contributed by atoms with van der Waals surface area (Å²) < 4.78 is 7.77. The van der Waals surface area contributed by atoms with E-state index in [2.05, 4.69) is 10.4 Å². The van der Waals surface area contributed by atoms with E-state index in [9.17, 15) is 4.79 Å². The Balaban J connectivity index is 0.00000121. The third kappa shape index (κ3) is 4.71. The Bertz CT molecular complexity index is 584. The first-order chi connectivity index (χ1) is 11.7. The first kappa shape index (κ1) is 21.5. The van der Waals surface area contributed by atoms with Crippen molar-refractivity contribution in [1.29, 1.82) is 0 Å². The van der Waals surface area contributed by atoms with Gasteiger partial charge in [0.05, 0.1) is 31.5 Å². The van der Waals surface area contributed by atoms with Gasteiger partial charge in [-0.15, -0.1) is 24.8 Å². The Morgan fingerprint density at radius 3 is 2.88 bits per heavy atom. The number of carbonyl (C=O) groups is 1. The second kappa shape index (κ2) is 9.40. The third-order valence-corrected chi connectivity index (χ3v) is 5.76. The SMILES string of the molecule is Cc1cnn(CC2CN(C(=O)C3CC4CCCCC4N3)CCO2)c1.Cl.Cl. The van der Waals surface area contributed by atoms with Gasteiger partial charge in [0, 0.05) is 25.3 Å². The maximum Gasteiger partial charge on any atom is 0.239 e. The number of carbonyl (C=O) groups excluding carboxylic acids is 1. The molecule has 0 aromatic carbocycles. The van der Waals surface area contributed by atoms with Gasteiger partial charge in [-0.05, 0) is 37.7 Å². The summed E-state index contributed by atoms with van der Waals surface area (Å²) >= 11 is 0. The molecule has 1 aromatic heterocycles. The lowest BCUT2D eigenvalue weighted by Crippen LogP contribution is -2.52. The predicted octanol–water partition coefficient (Wildman–Crippen LogP) is 2.18. The first-order valence-electron chi connectivity index (χ1n) is 9.34. The molecule has 1 saturated carbocycles. The van der Waals surface area contributed by atoms with Crippen LogP contribution in [-0.2, 0) is 16.1 Å².